The largest absolute Gasteiger partial charge is 0.372 e. The minimum absolute atomic E-state index is 0.111. The molecule has 3 saturated heterocycles. The lowest BCUT2D eigenvalue weighted by atomic mass is 9.66. The number of aliphatic hydroxyl groups is 1. The first kappa shape index (κ1) is 22.2. The third-order valence-electron chi connectivity index (χ3n) is 7.29. The zero-order valence-corrected chi connectivity index (χ0v) is 19.2. The van der Waals surface area contributed by atoms with Gasteiger partial charge in [0.2, 0.25) is 23.8 Å². The predicted molar refractivity (Wildman–Crippen MR) is 117 cm³/mol. The van der Waals surface area contributed by atoms with Crippen LogP contribution in [-0.2, 0) is 25.5 Å². The summed E-state index contributed by atoms with van der Waals surface area (Å²) in [6, 6.07) is -0.154. The van der Waals surface area contributed by atoms with Crippen LogP contribution in [0.2, 0.25) is 0 Å². The number of imide groups is 2. The number of urea groups is 1. The molecule has 3 fully saturated rings. The number of aliphatic hydroxyl groups excluding tert-OH is 1. The number of halogens is 1. The van der Waals surface area contributed by atoms with Gasteiger partial charge in [0.25, 0.3) is 0 Å². The first-order valence-corrected chi connectivity index (χ1v) is 11.4. The van der Waals surface area contributed by atoms with Crippen molar-refractivity contribution < 1.29 is 37.9 Å². The average Bonchev–Trinajstić information content (AvgIpc) is 3.33. The van der Waals surface area contributed by atoms with Crippen molar-refractivity contribution in [3.05, 3.63) is 17.4 Å². The second kappa shape index (κ2) is 7.35. The first-order chi connectivity index (χ1) is 16.6. The molecule has 4 aliphatic heterocycles. The molecule has 186 valence electrons. The maximum Gasteiger partial charge on any atom is 0.328 e. The molecule has 5 atom stereocenters. The molecule has 4 aliphatic rings. The maximum atomic E-state index is 16.1. The molecule has 0 radical (unpaired) electrons. The molecule has 13 heteroatoms. The minimum Gasteiger partial charge on any atom is -0.372 e. The Labute approximate surface area is 198 Å². The molecule has 0 bridgehead atoms. The minimum atomic E-state index is -1.73. The van der Waals surface area contributed by atoms with E-state index in [1.165, 1.54) is 4.90 Å². The Balaban J connectivity index is 1.56. The maximum absolute atomic E-state index is 16.1. The lowest BCUT2D eigenvalue weighted by Gasteiger charge is -2.55. The van der Waals surface area contributed by atoms with Crippen molar-refractivity contribution in [3.8, 4) is 0 Å². The highest BCUT2D eigenvalue weighted by Gasteiger charge is 2.63. The molecule has 6 rings (SSSR count). The average molecular weight is 489 g/mol. The smallest absolute Gasteiger partial charge is 0.328 e. The fraction of sp³-hybridized carbons (Fsp3) is 0.545. The molecule has 12 nitrogen and oxygen atoms in total. The van der Waals surface area contributed by atoms with Gasteiger partial charge in [0, 0.05) is 13.0 Å². The quantitative estimate of drug-likeness (QED) is 0.480. The Morgan fingerprint density at radius 3 is 2.40 bits per heavy atom. The van der Waals surface area contributed by atoms with Crippen LogP contribution in [0.4, 0.5) is 20.7 Å². The van der Waals surface area contributed by atoms with Gasteiger partial charge in [-0.2, -0.15) is 0 Å². The van der Waals surface area contributed by atoms with Gasteiger partial charge in [-0.15, -0.1) is 0 Å². The molecule has 2 aromatic rings. The summed E-state index contributed by atoms with van der Waals surface area (Å²) in [6.07, 6.45) is -2.69. The van der Waals surface area contributed by atoms with E-state index in [0.717, 1.165) is 0 Å². The van der Waals surface area contributed by atoms with Gasteiger partial charge in [-0.1, -0.05) is 5.16 Å². The van der Waals surface area contributed by atoms with Crippen molar-refractivity contribution in [2.24, 2.45) is 5.41 Å². The lowest BCUT2D eigenvalue weighted by Crippen LogP contribution is -2.75. The Hall–Kier alpha value is -3.29. The molecule has 5 heterocycles. The van der Waals surface area contributed by atoms with E-state index >= 15 is 4.39 Å². The molecule has 5 unspecified atom stereocenters. The van der Waals surface area contributed by atoms with Crippen LogP contribution >= 0.6 is 0 Å². The number of hydrogen-bond donors (Lipinski definition) is 3. The number of benzene rings is 1. The molecule has 0 aliphatic carbocycles. The van der Waals surface area contributed by atoms with Crippen LogP contribution in [-0.4, -0.2) is 72.0 Å². The number of rotatable bonds is 1. The molecular formula is C22H24FN5O7. The van der Waals surface area contributed by atoms with Crippen molar-refractivity contribution >= 4 is 40.3 Å². The van der Waals surface area contributed by atoms with Gasteiger partial charge in [-0.3, -0.25) is 20.2 Å². The normalized spacial score (nSPS) is 32.0. The standard InChI is InChI=1S/C22H24FN5O7/c1-8-6-27-14-11(5-22(16(27)10(3)33-8)18(29)24-20(31)25-19(22)30)4-12-15(13(14)23)35-26-17(12)28-7-9(2)34-21(28)32/h4,8-10,16,21,32H,5-7H2,1-3H3,(H2,24,25,29,30,31). The molecule has 0 saturated carbocycles. The zero-order chi connectivity index (χ0) is 24.8. The van der Waals surface area contributed by atoms with Gasteiger partial charge in [0.15, 0.2) is 17.1 Å². The topological polar surface area (TPSA) is 146 Å². The molecular weight excluding hydrogens is 465 g/mol. The Bertz CT molecular complexity index is 1260. The van der Waals surface area contributed by atoms with Crippen LogP contribution < -0.4 is 20.4 Å². The summed E-state index contributed by atoms with van der Waals surface area (Å²) in [5.41, 5.74) is -1.27. The highest BCUT2D eigenvalue weighted by Crippen LogP contribution is 2.49. The second-order valence-electron chi connectivity index (χ2n) is 9.64. The lowest BCUT2D eigenvalue weighted by molar-refractivity contribution is -0.153. The molecule has 4 amide bonds. The number of carbonyl (C=O) groups is 3. The van der Waals surface area contributed by atoms with Crippen LogP contribution in [0.1, 0.15) is 26.3 Å². The summed E-state index contributed by atoms with van der Waals surface area (Å²) < 4.78 is 32.8. The number of anilines is 2. The Morgan fingerprint density at radius 1 is 1.09 bits per heavy atom. The van der Waals surface area contributed by atoms with Gasteiger partial charge in [0.1, 0.15) is 0 Å². The van der Waals surface area contributed by atoms with E-state index in [1.54, 1.807) is 24.8 Å². The van der Waals surface area contributed by atoms with Gasteiger partial charge in [-0.05, 0) is 32.4 Å². The van der Waals surface area contributed by atoms with E-state index in [4.69, 9.17) is 14.0 Å². The van der Waals surface area contributed by atoms with Gasteiger partial charge < -0.3 is 28.9 Å². The zero-order valence-electron chi connectivity index (χ0n) is 19.2. The van der Waals surface area contributed by atoms with Crippen LogP contribution in [0.15, 0.2) is 10.6 Å². The number of amides is 4. The van der Waals surface area contributed by atoms with E-state index < -0.39 is 47.6 Å². The molecule has 35 heavy (non-hydrogen) atoms. The van der Waals surface area contributed by atoms with E-state index in [0.29, 0.717) is 12.1 Å². The number of hydrogen-bond acceptors (Lipinski definition) is 10. The number of barbiturate groups is 1. The Kier molecular flexibility index (Phi) is 4.66. The first-order valence-electron chi connectivity index (χ1n) is 11.4. The third kappa shape index (κ3) is 2.95. The number of morpholine rings is 1. The highest BCUT2D eigenvalue weighted by atomic mass is 19.1. The van der Waals surface area contributed by atoms with Crippen molar-refractivity contribution in [3.63, 3.8) is 0 Å². The van der Waals surface area contributed by atoms with E-state index in [2.05, 4.69) is 15.8 Å². The summed E-state index contributed by atoms with van der Waals surface area (Å²) in [5, 5.41) is 19.0. The number of carbonyl (C=O) groups excluding carboxylic acids is 3. The second-order valence-corrected chi connectivity index (χ2v) is 9.64. The fourth-order valence-corrected chi connectivity index (χ4v) is 6.03. The number of ether oxygens (including phenoxy) is 2. The van der Waals surface area contributed by atoms with Crippen molar-refractivity contribution in [1.29, 1.82) is 0 Å². The van der Waals surface area contributed by atoms with Crippen molar-refractivity contribution in [2.45, 2.75) is 58.0 Å². The van der Waals surface area contributed by atoms with E-state index in [9.17, 15) is 19.5 Å². The number of nitrogens with zero attached hydrogens (tertiary/aromatic N) is 3. The third-order valence-corrected chi connectivity index (χ3v) is 7.29. The van der Waals surface area contributed by atoms with Gasteiger partial charge in [-0.25, -0.2) is 9.18 Å². The van der Waals surface area contributed by atoms with Crippen LogP contribution in [0.5, 0.6) is 0 Å². The van der Waals surface area contributed by atoms with Gasteiger partial charge in [0.05, 0.1) is 42.0 Å². The number of aromatic nitrogens is 1. The monoisotopic (exact) mass is 489 g/mol. The van der Waals surface area contributed by atoms with Crippen LogP contribution in [0.3, 0.4) is 0 Å². The highest BCUT2D eigenvalue weighted by molar-refractivity contribution is 6.20. The van der Waals surface area contributed by atoms with Crippen molar-refractivity contribution in [2.75, 3.05) is 22.9 Å². The van der Waals surface area contributed by atoms with Crippen LogP contribution in [0.25, 0.3) is 11.0 Å². The molecule has 3 N–H and O–H groups in total. The summed E-state index contributed by atoms with van der Waals surface area (Å²) in [5.74, 6) is -2.03. The predicted octanol–water partition coefficient (Wildman–Crippen LogP) is 0.359. The summed E-state index contributed by atoms with van der Waals surface area (Å²) >= 11 is 0. The number of fused-ring (bicyclic) bond motifs is 5. The summed E-state index contributed by atoms with van der Waals surface area (Å²) in [4.78, 5) is 41.5. The number of nitrogens with one attached hydrogen (secondary N) is 2. The molecule has 1 spiro atoms. The molecule has 1 aromatic carbocycles. The SMILES string of the molecule is CC1CN2c3c(cc4c(N5CC(C)OC5O)noc4c3F)CC3(C(=O)NC(=O)NC3=O)C2C(C)O1. The van der Waals surface area contributed by atoms with Crippen molar-refractivity contribution in [1.82, 2.24) is 15.8 Å². The summed E-state index contributed by atoms with van der Waals surface area (Å²) in [6.45, 7) is 5.82. The summed E-state index contributed by atoms with van der Waals surface area (Å²) in [7, 11) is 0. The van der Waals surface area contributed by atoms with Crippen LogP contribution in [0, 0.1) is 11.2 Å². The molecule has 1 aromatic heterocycles. The van der Waals surface area contributed by atoms with E-state index in [-0.39, 0.29) is 47.6 Å². The van der Waals surface area contributed by atoms with Gasteiger partial charge >= 0.3 is 6.03 Å². The Morgan fingerprint density at radius 2 is 1.74 bits per heavy atom. The van der Waals surface area contributed by atoms with E-state index in [1.807, 2.05) is 6.92 Å². The fourth-order valence-electron chi connectivity index (χ4n) is 6.03.